The highest BCUT2D eigenvalue weighted by atomic mass is 19.1. The van der Waals surface area contributed by atoms with Crippen LogP contribution in [0.4, 0.5) is 4.39 Å². The third-order valence-electron chi connectivity index (χ3n) is 3.98. The lowest BCUT2D eigenvalue weighted by Crippen LogP contribution is -2.37. The molecule has 1 aromatic carbocycles. The van der Waals surface area contributed by atoms with Crippen molar-refractivity contribution in [2.75, 3.05) is 26.2 Å². The summed E-state index contributed by atoms with van der Waals surface area (Å²) in [6, 6.07) is 6.59. The van der Waals surface area contributed by atoms with Crippen molar-refractivity contribution >= 4 is 0 Å². The third kappa shape index (κ3) is 4.03. The highest BCUT2D eigenvalue weighted by molar-refractivity contribution is 5.37. The standard InChI is InChI=1S/C16H22FN3/c1-2-19-11-13-5-7-20(8-6-13)12-14-3-4-16(17)9-15(14)10-18/h3-4,9,13,19H,2,5-8,11-12H2,1H3. The largest absolute Gasteiger partial charge is 0.317 e. The Balaban J connectivity index is 1.88. The Morgan fingerprint density at radius 3 is 2.80 bits per heavy atom. The van der Waals surface area contributed by atoms with Crippen molar-refractivity contribution < 1.29 is 4.39 Å². The summed E-state index contributed by atoms with van der Waals surface area (Å²) >= 11 is 0. The summed E-state index contributed by atoms with van der Waals surface area (Å²) in [4.78, 5) is 2.36. The van der Waals surface area contributed by atoms with Gasteiger partial charge in [-0.15, -0.1) is 0 Å². The van der Waals surface area contributed by atoms with Crippen molar-refractivity contribution in [3.05, 3.63) is 35.1 Å². The number of nitriles is 1. The molecule has 0 radical (unpaired) electrons. The molecule has 1 aliphatic rings. The third-order valence-corrected chi connectivity index (χ3v) is 3.98. The molecule has 0 amide bonds. The number of likely N-dealkylation sites (tertiary alicyclic amines) is 1. The summed E-state index contributed by atoms with van der Waals surface area (Å²) in [7, 11) is 0. The van der Waals surface area contributed by atoms with Crippen molar-refractivity contribution in [1.82, 2.24) is 10.2 Å². The van der Waals surface area contributed by atoms with E-state index in [4.69, 9.17) is 5.26 Å². The lowest BCUT2D eigenvalue weighted by molar-refractivity contribution is 0.175. The van der Waals surface area contributed by atoms with E-state index in [2.05, 4.69) is 23.2 Å². The molecule has 108 valence electrons. The van der Waals surface area contributed by atoms with E-state index >= 15 is 0 Å². The first kappa shape index (κ1) is 15.0. The number of nitrogens with one attached hydrogen (secondary N) is 1. The van der Waals surface area contributed by atoms with Crippen molar-refractivity contribution in [2.24, 2.45) is 5.92 Å². The fraction of sp³-hybridized carbons (Fsp3) is 0.562. The maximum absolute atomic E-state index is 13.1. The van der Waals surface area contributed by atoms with Gasteiger partial charge in [0.1, 0.15) is 5.82 Å². The van der Waals surface area contributed by atoms with Crippen LogP contribution in [0, 0.1) is 23.1 Å². The van der Waals surface area contributed by atoms with Crippen LogP contribution in [0.5, 0.6) is 0 Å². The van der Waals surface area contributed by atoms with Gasteiger partial charge in [-0.1, -0.05) is 13.0 Å². The van der Waals surface area contributed by atoms with E-state index in [1.54, 1.807) is 6.07 Å². The molecule has 0 spiro atoms. The molecule has 1 aromatic rings. The van der Waals surface area contributed by atoms with E-state index in [1.807, 2.05) is 0 Å². The second kappa shape index (κ2) is 7.37. The van der Waals surface area contributed by atoms with Gasteiger partial charge in [0.05, 0.1) is 11.6 Å². The van der Waals surface area contributed by atoms with Gasteiger partial charge in [0.2, 0.25) is 0 Å². The van der Waals surface area contributed by atoms with Crippen LogP contribution in [0.1, 0.15) is 30.9 Å². The maximum Gasteiger partial charge on any atom is 0.124 e. The summed E-state index contributed by atoms with van der Waals surface area (Å²) in [5.41, 5.74) is 1.39. The summed E-state index contributed by atoms with van der Waals surface area (Å²) in [5, 5.41) is 12.5. The molecule has 0 bridgehead atoms. The molecule has 0 atom stereocenters. The zero-order valence-electron chi connectivity index (χ0n) is 12.0. The summed E-state index contributed by atoms with van der Waals surface area (Å²) in [6.07, 6.45) is 2.38. The van der Waals surface area contributed by atoms with Crippen molar-refractivity contribution in [3.8, 4) is 6.07 Å². The van der Waals surface area contributed by atoms with Gasteiger partial charge in [-0.3, -0.25) is 4.90 Å². The van der Waals surface area contributed by atoms with Crippen molar-refractivity contribution in [2.45, 2.75) is 26.3 Å². The van der Waals surface area contributed by atoms with E-state index in [0.29, 0.717) is 5.56 Å². The number of benzene rings is 1. The van der Waals surface area contributed by atoms with Crippen LogP contribution >= 0.6 is 0 Å². The van der Waals surface area contributed by atoms with Crippen LogP contribution in [0.3, 0.4) is 0 Å². The van der Waals surface area contributed by atoms with Crippen LogP contribution in [0.25, 0.3) is 0 Å². The smallest absolute Gasteiger partial charge is 0.124 e. The molecule has 0 aromatic heterocycles. The van der Waals surface area contributed by atoms with Gasteiger partial charge in [-0.2, -0.15) is 5.26 Å². The Kier molecular flexibility index (Phi) is 5.51. The van der Waals surface area contributed by atoms with Crippen LogP contribution in [-0.2, 0) is 6.54 Å². The van der Waals surface area contributed by atoms with Crippen LogP contribution in [0.2, 0.25) is 0 Å². The van der Waals surface area contributed by atoms with Gasteiger partial charge in [-0.25, -0.2) is 4.39 Å². The maximum atomic E-state index is 13.1. The Hall–Kier alpha value is -1.44. The molecular formula is C16H22FN3. The van der Waals surface area contributed by atoms with E-state index in [9.17, 15) is 4.39 Å². The first-order valence-corrected chi connectivity index (χ1v) is 7.34. The number of hydrogen-bond acceptors (Lipinski definition) is 3. The lowest BCUT2D eigenvalue weighted by Gasteiger charge is -2.32. The molecule has 1 saturated heterocycles. The van der Waals surface area contributed by atoms with E-state index in [1.165, 1.54) is 25.0 Å². The Morgan fingerprint density at radius 1 is 1.40 bits per heavy atom. The minimum absolute atomic E-state index is 0.338. The van der Waals surface area contributed by atoms with Gasteiger partial charge in [0.15, 0.2) is 0 Å². The monoisotopic (exact) mass is 275 g/mol. The predicted octanol–water partition coefficient (Wildman–Crippen LogP) is 2.52. The van der Waals surface area contributed by atoms with Gasteiger partial charge in [-0.05, 0) is 62.6 Å². The molecule has 20 heavy (non-hydrogen) atoms. The SMILES string of the molecule is CCNCC1CCN(Cc2ccc(F)cc2C#N)CC1. The molecule has 2 rings (SSSR count). The Labute approximate surface area is 120 Å². The highest BCUT2D eigenvalue weighted by Gasteiger charge is 2.19. The Bertz CT molecular complexity index is 473. The van der Waals surface area contributed by atoms with E-state index in [0.717, 1.165) is 44.2 Å². The molecule has 1 aliphatic heterocycles. The topological polar surface area (TPSA) is 39.1 Å². The average Bonchev–Trinajstić information content (AvgIpc) is 2.48. The fourth-order valence-corrected chi connectivity index (χ4v) is 2.73. The van der Waals surface area contributed by atoms with Gasteiger partial charge in [0, 0.05) is 6.54 Å². The molecule has 3 nitrogen and oxygen atoms in total. The first-order valence-electron chi connectivity index (χ1n) is 7.34. The van der Waals surface area contributed by atoms with E-state index < -0.39 is 0 Å². The molecule has 0 aliphatic carbocycles. The number of rotatable bonds is 5. The first-order chi connectivity index (χ1) is 9.72. The summed E-state index contributed by atoms with van der Waals surface area (Å²) in [6.45, 7) is 7.12. The quantitative estimate of drug-likeness (QED) is 0.897. The number of nitrogens with zero attached hydrogens (tertiary/aromatic N) is 2. The van der Waals surface area contributed by atoms with Crippen molar-refractivity contribution in [3.63, 3.8) is 0 Å². The average molecular weight is 275 g/mol. The van der Waals surface area contributed by atoms with Crippen molar-refractivity contribution in [1.29, 1.82) is 5.26 Å². The number of halogens is 1. The molecular weight excluding hydrogens is 253 g/mol. The molecule has 1 fully saturated rings. The minimum Gasteiger partial charge on any atom is -0.317 e. The molecule has 1 N–H and O–H groups in total. The second-order valence-corrected chi connectivity index (χ2v) is 5.44. The van der Waals surface area contributed by atoms with Gasteiger partial charge >= 0.3 is 0 Å². The molecule has 4 heteroatoms. The second-order valence-electron chi connectivity index (χ2n) is 5.44. The zero-order chi connectivity index (χ0) is 14.4. The normalized spacial score (nSPS) is 17.1. The molecule has 1 heterocycles. The molecule has 0 unspecified atom stereocenters. The van der Waals surface area contributed by atoms with Crippen LogP contribution in [0.15, 0.2) is 18.2 Å². The van der Waals surface area contributed by atoms with Gasteiger partial charge in [0.25, 0.3) is 0 Å². The predicted molar refractivity (Wildman–Crippen MR) is 77.7 cm³/mol. The van der Waals surface area contributed by atoms with Crippen LogP contribution in [-0.4, -0.2) is 31.1 Å². The summed E-state index contributed by atoms with van der Waals surface area (Å²) in [5.74, 6) is 0.421. The lowest BCUT2D eigenvalue weighted by atomic mass is 9.96. The summed E-state index contributed by atoms with van der Waals surface area (Å²) < 4.78 is 13.1. The van der Waals surface area contributed by atoms with E-state index in [-0.39, 0.29) is 5.82 Å². The zero-order valence-corrected chi connectivity index (χ0v) is 12.0. The minimum atomic E-state index is -0.338. The number of piperidine rings is 1. The fourth-order valence-electron chi connectivity index (χ4n) is 2.73. The molecule has 0 saturated carbocycles. The Morgan fingerprint density at radius 2 is 2.15 bits per heavy atom. The highest BCUT2D eigenvalue weighted by Crippen LogP contribution is 2.20. The number of hydrogen-bond donors (Lipinski definition) is 1. The van der Waals surface area contributed by atoms with Gasteiger partial charge < -0.3 is 5.32 Å². The van der Waals surface area contributed by atoms with Crippen LogP contribution < -0.4 is 5.32 Å².